The number of anilines is 1. The molecule has 1 aromatic heterocycles. The molecular weight excluding hydrogens is 352 g/mol. The Labute approximate surface area is 157 Å². The largest absolute Gasteiger partial charge is 0.362 e. The molecule has 6 nitrogen and oxygen atoms in total. The lowest BCUT2D eigenvalue weighted by Crippen LogP contribution is -2.43. The first kappa shape index (κ1) is 18.4. The van der Waals surface area contributed by atoms with Crippen LogP contribution in [0.3, 0.4) is 0 Å². The molecule has 1 atom stereocenters. The average Bonchev–Trinajstić information content (AvgIpc) is 3.10. The summed E-state index contributed by atoms with van der Waals surface area (Å²) in [5, 5.41) is 15.9. The Morgan fingerprint density at radius 1 is 1.38 bits per heavy atom. The van der Waals surface area contributed by atoms with Crippen LogP contribution in [0.2, 0.25) is 5.02 Å². The molecule has 7 heteroatoms. The van der Waals surface area contributed by atoms with E-state index in [1.807, 2.05) is 18.2 Å². The van der Waals surface area contributed by atoms with Gasteiger partial charge in [0.05, 0.1) is 10.6 Å². The lowest BCUT2D eigenvalue weighted by Gasteiger charge is -2.31. The summed E-state index contributed by atoms with van der Waals surface area (Å²) >= 11 is 6.39. The number of aromatic nitrogens is 1. The van der Waals surface area contributed by atoms with E-state index in [0.717, 1.165) is 25.9 Å². The number of hydrogen-bond donors (Lipinski definition) is 4. The van der Waals surface area contributed by atoms with Crippen LogP contribution in [0.4, 0.5) is 5.82 Å². The van der Waals surface area contributed by atoms with E-state index in [2.05, 4.69) is 27.8 Å². The van der Waals surface area contributed by atoms with E-state index >= 15 is 0 Å². The van der Waals surface area contributed by atoms with E-state index in [4.69, 9.17) is 16.8 Å². The maximum atomic E-state index is 11.1. The first-order valence-corrected chi connectivity index (χ1v) is 8.79. The first-order chi connectivity index (χ1) is 12.6. The van der Waals surface area contributed by atoms with Crippen molar-refractivity contribution in [2.45, 2.75) is 18.4 Å². The lowest BCUT2D eigenvalue weighted by molar-refractivity contribution is -0.124. The molecule has 2 aromatic rings. The summed E-state index contributed by atoms with van der Waals surface area (Å²) in [6.45, 7) is 1.77. The van der Waals surface area contributed by atoms with Gasteiger partial charge in [0, 0.05) is 18.8 Å². The number of hydroxylamine groups is 1. The van der Waals surface area contributed by atoms with Crippen LogP contribution in [0.1, 0.15) is 17.5 Å². The minimum atomic E-state index is -0.609. The van der Waals surface area contributed by atoms with E-state index in [1.54, 1.807) is 12.3 Å². The second-order valence-corrected chi connectivity index (χ2v) is 6.81. The highest BCUT2D eigenvalue weighted by molar-refractivity contribution is 6.33. The number of halogens is 1. The van der Waals surface area contributed by atoms with Gasteiger partial charge in [-0.25, -0.2) is 10.5 Å². The minimum Gasteiger partial charge on any atom is -0.362 e. The highest BCUT2D eigenvalue weighted by Gasteiger charge is 2.34. The van der Waals surface area contributed by atoms with E-state index in [0.29, 0.717) is 16.4 Å². The third-order valence-corrected chi connectivity index (χ3v) is 4.70. The average molecular weight is 373 g/mol. The van der Waals surface area contributed by atoms with Crippen LogP contribution in [0.25, 0.3) is 6.08 Å². The molecule has 1 saturated heterocycles. The van der Waals surface area contributed by atoms with Gasteiger partial charge in [-0.3, -0.25) is 10.0 Å². The topological polar surface area (TPSA) is 86.3 Å². The van der Waals surface area contributed by atoms with Crippen molar-refractivity contribution in [1.29, 1.82) is 0 Å². The summed E-state index contributed by atoms with van der Waals surface area (Å²) in [5.41, 5.74) is 3.32. The number of carbonyl (C=O) groups excluding carboxylic acids is 1. The molecular formula is C19H21ClN4O2. The number of carbonyl (C=O) groups is 1. The second kappa shape index (κ2) is 8.31. The molecule has 1 aromatic carbocycles. The quantitative estimate of drug-likeness (QED) is 0.356. The van der Waals surface area contributed by atoms with Gasteiger partial charge in [-0.1, -0.05) is 41.9 Å². The summed E-state index contributed by atoms with van der Waals surface area (Å²) in [4.78, 5) is 15.5. The number of rotatable bonds is 6. The third kappa shape index (κ3) is 4.60. The molecule has 4 N–H and O–H groups in total. The lowest BCUT2D eigenvalue weighted by atomic mass is 9.90. The minimum absolute atomic E-state index is 0.147. The molecule has 2 heterocycles. The van der Waals surface area contributed by atoms with Gasteiger partial charge in [-0.2, -0.15) is 0 Å². The van der Waals surface area contributed by atoms with Crippen molar-refractivity contribution in [3.8, 4) is 0 Å². The van der Waals surface area contributed by atoms with Gasteiger partial charge >= 0.3 is 0 Å². The van der Waals surface area contributed by atoms with E-state index < -0.39 is 5.91 Å². The maximum absolute atomic E-state index is 11.1. The normalized spacial score (nSPS) is 19.6. The maximum Gasteiger partial charge on any atom is 0.267 e. The van der Waals surface area contributed by atoms with Gasteiger partial charge in [0.25, 0.3) is 5.91 Å². The Balaban J connectivity index is 1.77. The molecule has 1 amide bonds. The molecule has 0 saturated carbocycles. The van der Waals surface area contributed by atoms with Crippen LogP contribution in [0.5, 0.6) is 0 Å². The molecule has 0 radical (unpaired) electrons. The number of benzene rings is 1. The van der Waals surface area contributed by atoms with E-state index in [1.165, 1.54) is 23.2 Å². The van der Waals surface area contributed by atoms with E-state index in [-0.39, 0.29) is 5.54 Å². The fourth-order valence-corrected chi connectivity index (χ4v) is 3.35. The monoisotopic (exact) mass is 372 g/mol. The van der Waals surface area contributed by atoms with E-state index in [9.17, 15) is 4.79 Å². The number of hydrogen-bond acceptors (Lipinski definition) is 5. The Morgan fingerprint density at radius 3 is 2.85 bits per heavy atom. The fraction of sp³-hybridized carbons (Fsp3) is 0.263. The predicted molar refractivity (Wildman–Crippen MR) is 102 cm³/mol. The van der Waals surface area contributed by atoms with Crippen LogP contribution >= 0.6 is 11.6 Å². The Hall–Kier alpha value is -2.41. The van der Waals surface area contributed by atoms with Crippen LogP contribution in [-0.2, 0) is 11.2 Å². The van der Waals surface area contributed by atoms with Gasteiger partial charge in [-0.15, -0.1) is 0 Å². The first-order valence-electron chi connectivity index (χ1n) is 8.41. The molecule has 0 unspecified atom stereocenters. The van der Waals surface area contributed by atoms with Gasteiger partial charge in [0.15, 0.2) is 0 Å². The van der Waals surface area contributed by atoms with Crippen LogP contribution in [0.15, 0.2) is 48.7 Å². The molecule has 0 bridgehead atoms. The number of nitrogens with one attached hydrogen (secondary N) is 3. The molecule has 0 aliphatic carbocycles. The van der Waals surface area contributed by atoms with Crippen molar-refractivity contribution < 1.29 is 10.0 Å². The summed E-state index contributed by atoms with van der Waals surface area (Å²) in [6, 6.07) is 12.1. The Morgan fingerprint density at radius 2 is 2.19 bits per heavy atom. The molecule has 0 spiro atoms. The third-order valence-electron chi connectivity index (χ3n) is 4.41. The summed E-state index contributed by atoms with van der Waals surface area (Å²) in [5.74, 6) is 0.0113. The van der Waals surface area contributed by atoms with Crippen molar-refractivity contribution >= 4 is 29.4 Å². The molecule has 1 aliphatic rings. The van der Waals surface area contributed by atoms with Crippen molar-refractivity contribution in [1.82, 2.24) is 15.8 Å². The molecule has 1 fully saturated rings. The van der Waals surface area contributed by atoms with Crippen molar-refractivity contribution in [3.05, 3.63) is 64.8 Å². The van der Waals surface area contributed by atoms with Gasteiger partial charge in [0.1, 0.15) is 5.82 Å². The zero-order valence-corrected chi connectivity index (χ0v) is 15.0. The summed E-state index contributed by atoms with van der Waals surface area (Å²) < 4.78 is 0. The van der Waals surface area contributed by atoms with Crippen molar-refractivity contribution in [2.24, 2.45) is 0 Å². The van der Waals surface area contributed by atoms with Crippen molar-refractivity contribution in [2.75, 3.05) is 18.4 Å². The van der Waals surface area contributed by atoms with Crippen molar-refractivity contribution in [3.63, 3.8) is 0 Å². The van der Waals surface area contributed by atoms with Gasteiger partial charge < -0.3 is 10.6 Å². The van der Waals surface area contributed by atoms with Gasteiger partial charge in [-0.05, 0) is 42.7 Å². The molecule has 136 valence electrons. The van der Waals surface area contributed by atoms with Crippen LogP contribution < -0.4 is 16.1 Å². The molecule has 26 heavy (non-hydrogen) atoms. The summed E-state index contributed by atoms with van der Waals surface area (Å²) in [6.07, 6.45) is 6.21. The predicted octanol–water partition coefficient (Wildman–Crippen LogP) is 2.64. The highest BCUT2D eigenvalue weighted by atomic mass is 35.5. The van der Waals surface area contributed by atoms with Crippen LogP contribution in [-0.4, -0.2) is 34.7 Å². The highest BCUT2D eigenvalue weighted by Crippen LogP contribution is 2.29. The molecule has 1 aliphatic heterocycles. The zero-order valence-electron chi connectivity index (χ0n) is 14.2. The smallest absolute Gasteiger partial charge is 0.267 e. The SMILES string of the molecule is O=C(/C=C/c1cnc(N[C@@]2(Cc3ccccc3)CCNC2)c(Cl)c1)NO. The number of pyridine rings is 1. The summed E-state index contributed by atoms with van der Waals surface area (Å²) in [7, 11) is 0. The van der Waals surface area contributed by atoms with Crippen LogP contribution in [0, 0.1) is 0 Å². The number of amides is 1. The Bertz CT molecular complexity index is 789. The second-order valence-electron chi connectivity index (χ2n) is 6.40. The number of nitrogens with zero attached hydrogens (tertiary/aromatic N) is 1. The zero-order chi connectivity index (χ0) is 18.4. The Kier molecular flexibility index (Phi) is 5.88. The fourth-order valence-electron chi connectivity index (χ4n) is 3.13. The standard InChI is InChI=1S/C19H21ClN4O2/c20-16-10-15(6-7-17(25)24-26)12-22-18(16)23-19(8-9-21-13-19)11-14-4-2-1-3-5-14/h1-7,10,12,21,26H,8-9,11,13H2,(H,22,23)(H,24,25)/b7-6+/t19-/m1/s1. The molecule has 3 rings (SSSR count). The van der Waals surface area contributed by atoms with Gasteiger partial charge in [0.2, 0.25) is 0 Å².